The molecule has 1 heterocycles. The van der Waals surface area contributed by atoms with Gasteiger partial charge in [0.25, 0.3) is 0 Å². The van der Waals surface area contributed by atoms with E-state index in [0.29, 0.717) is 32.1 Å². The number of nitrogens with zero attached hydrogens (tertiary/aromatic N) is 2. The number of hydrogen-bond donors (Lipinski definition) is 7. The normalized spacial score (nSPS) is 19.6. The van der Waals surface area contributed by atoms with Gasteiger partial charge in [-0.2, -0.15) is 0 Å². The summed E-state index contributed by atoms with van der Waals surface area (Å²) in [5.41, 5.74) is 0. The predicted octanol–water partition coefficient (Wildman–Crippen LogP) is 8.48. The van der Waals surface area contributed by atoms with Crippen LogP contribution in [0.4, 0.5) is 0 Å². The predicted molar refractivity (Wildman–Crippen MR) is 266 cm³/mol. The maximum Gasteiger partial charge on any atom is 0.323 e. The van der Waals surface area contributed by atoms with Crippen molar-refractivity contribution >= 4 is 23.8 Å². The zero-order valence-corrected chi connectivity index (χ0v) is 43.0. The molecule has 0 aliphatic carbocycles. The minimum Gasteiger partial charge on any atom is -0.480 e. The van der Waals surface area contributed by atoms with E-state index in [9.17, 15) is 54.9 Å². The summed E-state index contributed by atoms with van der Waals surface area (Å²) in [6, 6.07) is -1.53. The van der Waals surface area contributed by atoms with E-state index in [1.807, 2.05) is 0 Å². The van der Waals surface area contributed by atoms with Crippen molar-refractivity contribution < 1.29 is 64.4 Å². The summed E-state index contributed by atoms with van der Waals surface area (Å²) in [5, 5.41) is 75.1. The maximum absolute atomic E-state index is 14.2. The van der Waals surface area contributed by atoms with Crippen LogP contribution in [0.15, 0.2) is 0 Å². The van der Waals surface area contributed by atoms with Gasteiger partial charge < -0.3 is 55.0 Å². The fraction of sp³-hybridized carbons (Fsp3) is 0.925. The van der Waals surface area contributed by atoms with E-state index in [-0.39, 0.29) is 32.4 Å². The third kappa shape index (κ3) is 30.4. The zero-order chi connectivity index (χ0) is 50.4. The lowest BCUT2D eigenvalue weighted by Gasteiger charge is -2.46. The third-order valence-electron chi connectivity index (χ3n) is 13.4. The second kappa shape index (κ2) is 41.2. The van der Waals surface area contributed by atoms with Gasteiger partial charge in [-0.1, -0.05) is 194 Å². The molecular weight excluding hydrogens is 873 g/mol. The first kappa shape index (κ1) is 63.6. The van der Waals surface area contributed by atoms with Gasteiger partial charge >= 0.3 is 11.9 Å². The molecule has 400 valence electrons. The van der Waals surface area contributed by atoms with Crippen molar-refractivity contribution in [3.63, 3.8) is 0 Å². The third-order valence-corrected chi connectivity index (χ3v) is 13.4. The Balaban J connectivity index is 3.10. The Morgan fingerprint density at radius 1 is 0.529 bits per heavy atom. The van der Waals surface area contributed by atoms with Crippen molar-refractivity contribution in [2.45, 2.75) is 288 Å². The molecule has 0 unspecified atom stereocenters. The van der Waals surface area contributed by atoms with Crippen LogP contribution in [0.5, 0.6) is 0 Å². The second-order valence-electron chi connectivity index (χ2n) is 19.8. The fourth-order valence-corrected chi connectivity index (χ4v) is 9.28. The molecule has 0 saturated carbocycles. The van der Waals surface area contributed by atoms with Crippen LogP contribution < -0.4 is 0 Å². The van der Waals surface area contributed by atoms with Gasteiger partial charge in [0.2, 0.25) is 11.8 Å². The van der Waals surface area contributed by atoms with Crippen LogP contribution in [-0.2, 0) is 28.7 Å². The van der Waals surface area contributed by atoms with E-state index in [4.69, 9.17) is 9.47 Å². The molecule has 0 spiro atoms. The highest BCUT2D eigenvalue weighted by atomic mass is 16.6. The lowest BCUT2D eigenvalue weighted by atomic mass is 9.94. The molecule has 1 saturated heterocycles. The van der Waals surface area contributed by atoms with Gasteiger partial charge in [-0.15, -0.1) is 0 Å². The number of esters is 1. The lowest BCUT2D eigenvalue weighted by Crippen LogP contribution is -2.66. The van der Waals surface area contributed by atoms with Crippen molar-refractivity contribution in [2.75, 3.05) is 26.2 Å². The number of aliphatic hydroxyl groups is 6. The largest absolute Gasteiger partial charge is 0.480 e. The van der Waals surface area contributed by atoms with E-state index in [1.165, 1.54) is 89.9 Å². The van der Waals surface area contributed by atoms with Crippen molar-refractivity contribution in [1.82, 2.24) is 9.80 Å². The minimum atomic E-state index is -1.87. The SMILES string of the molecule is CCCCCCCCCCC[C@@H](O)CC(=O)O[C@H]1[C@H](O)[C@@H](CO)O[C@@H](O)[C@@H]1N(CCCN(CC(=O)O)C(=O)C[C@H](O)CCCCCCCCCCC)C(=O)C[C@H](O)CCCCCCCCCCC. The molecule has 1 rings (SSSR count). The molecule has 68 heavy (non-hydrogen) atoms. The summed E-state index contributed by atoms with van der Waals surface area (Å²) in [6.45, 7) is 4.78. The number of carboxylic acid groups (broad SMARTS) is 1. The summed E-state index contributed by atoms with van der Waals surface area (Å²) >= 11 is 0. The Morgan fingerprint density at radius 3 is 1.31 bits per heavy atom. The van der Waals surface area contributed by atoms with Crippen LogP contribution in [-0.4, -0.2) is 144 Å². The Bertz CT molecular complexity index is 1280. The summed E-state index contributed by atoms with van der Waals surface area (Å²) < 4.78 is 11.3. The van der Waals surface area contributed by atoms with Gasteiger partial charge in [0.05, 0.1) is 44.2 Å². The number of hydrogen-bond acceptors (Lipinski definition) is 12. The minimum absolute atomic E-state index is 0.0195. The number of ether oxygens (including phenoxy) is 2. The Kier molecular flexibility index (Phi) is 38.6. The summed E-state index contributed by atoms with van der Waals surface area (Å²) in [4.78, 5) is 55.2. The lowest BCUT2D eigenvalue weighted by molar-refractivity contribution is -0.275. The first-order chi connectivity index (χ1) is 32.8. The molecular formula is C53H100N2O13. The Hall–Kier alpha value is -2.40. The maximum atomic E-state index is 14.2. The molecule has 1 aliphatic rings. The molecule has 1 aliphatic heterocycles. The molecule has 0 aromatic carbocycles. The standard InChI is InChI=1S/C53H100N2O13/c1-4-7-10-13-16-19-22-25-28-32-42(57)37-46(60)54(40-48(62)63)35-31-36-55(47(61)38-43(58)33-29-26-23-20-17-14-11-8-5-2)50-52(51(65)45(41-56)67-53(50)66)68-49(64)39-44(59)34-30-27-24-21-18-15-12-9-6-3/h42-45,50-53,56-59,65-66H,4-41H2,1-3H3,(H,62,63)/t42-,43-,44-,45-,50-,51-,52-,53-/m1/s1. The molecule has 0 aromatic rings. The van der Waals surface area contributed by atoms with Gasteiger partial charge in [-0.25, -0.2) is 0 Å². The van der Waals surface area contributed by atoms with Gasteiger partial charge in [-0.3, -0.25) is 19.2 Å². The average molecular weight is 973 g/mol. The van der Waals surface area contributed by atoms with Crippen LogP contribution in [0.3, 0.4) is 0 Å². The highest BCUT2D eigenvalue weighted by Gasteiger charge is 2.50. The molecule has 1 fully saturated rings. The Morgan fingerprint density at radius 2 is 0.912 bits per heavy atom. The first-order valence-corrected chi connectivity index (χ1v) is 27.4. The summed E-state index contributed by atoms with van der Waals surface area (Å²) in [5.74, 6) is -3.37. The van der Waals surface area contributed by atoms with Crippen molar-refractivity contribution in [2.24, 2.45) is 0 Å². The zero-order valence-electron chi connectivity index (χ0n) is 43.0. The van der Waals surface area contributed by atoms with E-state index < -0.39 is 92.3 Å². The van der Waals surface area contributed by atoms with Gasteiger partial charge in [0, 0.05) is 13.1 Å². The van der Waals surface area contributed by atoms with Crippen LogP contribution in [0.2, 0.25) is 0 Å². The van der Waals surface area contributed by atoms with E-state index >= 15 is 0 Å². The number of amides is 2. The molecule has 0 aromatic heterocycles. The van der Waals surface area contributed by atoms with Gasteiger partial charge in [-0.05, 0) is 25.7 Å². The van der Waals surface area contributed by atoms with E-state index in [1.54, 1.807) is 0 Å². The van der Waals surface area contributed by atoms with E-state index in [2.05, 4.69) is 20.8 Å². The monoisotopic (exact) mass is 973 g/mol. The number of unbranched alkanes of at least 4 members (excludes halogenated alkanes) is 24. The first-order valence-electron chi connectivity index (χ1n) is 27.4. The van der Waals surface area contributed by atoms with Crippen molar-refractivity contribution in [1.29, 1.82) is 0 Å². The molecule has 15 nitrogen and oxygen atoms in total. The highest BCUT2D eigenvalue weighted by Crippen LogP contribution is 2.29. The quantitative estimate of drug-likeness (QED) is 0.0224. The average Bonchev–Trinajstić information content (AvgIpc) is 3.29. The number of carboxylic acids is 1. The molecule has 15 heteroatoms. The van der Waals surface area contributed by atoms with Crippen LogP contribution in [0, 0.1) is 0 Å². The van der Waals surface area contributed by atoms with Crippen LogP contribution in [0.1, 0.15) is 239 Å². The molecule has 0 bridgehead atoms. The topological polar surface area (TPSA) is 235 Å². The number of aliphatic carboxylic acids is 1. The highest BCUT2D eigenvalue weighted by molar-refractivity contribution is 5.81. The second-order valence-corrected chi connectivity index (χ2v) is 19.8. The van der Waals surface area contributed by atoms with Crippen molar-refractivity contribution in [3.05, 3.63) is 0 Å². The van der Waals surface area contributed by atoms with Crippen molar-refractivity contribution in [3.8, 4) is 0 Å². The Labute approximate surface area is 411 Å². The van der Waals surface area contributed by atoms with Crippen LogP contribution >= 0.6 is 0 Å². The molecule has 7 N–H and O–H groups in total. The summed E-state index contributed by atoms with van der Waals surface area (Å²) in [6.07, 6.45) is 19.8. The number of rotatable bonds is 45. The number of aliphatic hydroxyl groups excluding tert-OH is 6. The van der Waals surface area contributed by atoms with Crippen LogP contribution in [0.25, 0.3) is 0 Å². The van der Waals surface area contributed by atoms with Gasteiger partial charge in [0.1, 0.15) is 24.8 Å². The molecule has 0 radical (unpaired) electrons. The molecule has 2 amide bonds. The van der Waals surface area contributed by atoms with E-state index in [0.717, 1.165) is 80.4 Å². The number of carbonyl (C=O) groups excluding carboxylic acids is 3. The van der Waals surface area contributed by atoms with Gasteiger partial charge in [0.15, 0.2) is 12.4 Å². The molecule has 8 atom stereocenters. The smallest absolute Gasteiger partial charge is 0.323 e. The fourth-order valence-electron chi connectivity index (χ4n) is 9.28. The summed E-state index contributed by atoms with van der Waals surface area (Å²) in [7, 11) is 0. The number of carbonyl (C=O) groups is 4.